The zero-order valence-electron chi connectivity index (χ0n) is 7.45. The second-order valence-electron chi connectivity index (χ2n) is 4.49. The molecular formula is C12H16. The highest BCUT2D eigenvalue weighted by Gasteiger charge is 2.47. The average Bonchev–Trinajstić information content (AvgIpc) is 2.14. The number of fused-ring (bicyclic) bond motifs is 4. The summed E-state index contributed by atoms with van der Waals surface area (Å²) in [6, 6.07) is 0. The molecule has 0 nitrogen and oxygen atoms in total. The minimum atomic E-state index is 0.931. The van der Waals surface area contributed by atoms with E-state index in [2.05, 4.69) is 24.3 Å². The summed E-state index contributed by atoms with van der Waals surface area (Å²) in [7, 11) is 0. The van der Waals surface area contributed by atoms with E-state index in [9.17, 15) is 0 Å². The van der Waals surface area contributed by atoms with E-state index < -0.39 is 0 Å². The van der Waals surface area contributed by atoms with Crippen molar-refractivity contribution in [1.29, 1.82) is 0 Å². The molecule has 0 N–H and O–H groups in total. The predicted molar refractivity (Wildman–Crippen MR) is 50.7 cm³/mol. The van der Waals surface area contributed by atoms with E-state index in [1.807, 2.05) is 0 Å². The van der Waals surface area contributed by atoms with Crippen LogP contribution in [0.4, 0.5) is 0 Å². The lowest BCUT2D eigenvalue weighted by Crippen LogP contribution is -2.46. The third-order valence-corrected chi connectivity index (χ3v) is 4.03. The van der Waals surface area contributed by atoms with E-state index >= 15 is 0 Å². The molecule has 3 aliphatic rings. The van der Waals surface area contributed by atoms with Crippen molar-refractivity contribution < 1.29 is 0 Å². The number of allylic oxidation sites excluding steroid dienone is 4. The lowest BCUT2D eigenvalue weighted by molar-refractivity contribution is 0.0195. The molecule has 0 aromatic carbocycles. The summed E-state index contributed by atoms with van der Waals surface area (Å²) in [6.45, 7) is 0. The maximum absolute atomic E-state index is 2.48. The highest BCUT2D eigenvalue weighted by Crippen LogP contribution is 2.55. The number of hydrogen-bond donors (Lipinski definition) is 0. The second kappa shape index (κ2) is 2.48. The van der Waals surface area contributed by atoms with Crippen LogP contribution in [0.15, 0.2) is 24.3 Å². The molecule has 3 aliphatic carbocycles. The molecule has 0 aromatic heterocycles. The Morgan fingerprint density at radius 1 is 0.750 bits per heavy atom. The molecule has 0 spiro atoms. The van der Waals surface area contributed by atoms with Crippen molar-refractivity contribution in [3.05, 3.63) is 24.3 Å². The summed E-state index contributed by atoms with van der Waals surface area (Å²) >= 11 is 0. The van der Waals surface area contributed by atoms with Crippen molar-refractivity contribution >= 4 is 0 Å². The van der Waals surface area contributed by atoms with Crippen LogP contribution < -0.4 is 0 Å². The zero-order chi connectivity index (χ0) is 7.97. The summed E-state index contributed by atoms with van der Waals surface area (Å²) in [5, 5.41) is 0. The van der Waals surface area contributed by atoms with Gasteiger partial charge in [0.05, 0.1) is 0 Å². The van der Waals surface area contributed by atoms with E-state index in [4.69, 9.17) is 0 Å². The van der Waals surface area contributed by atoms with Gasteiger partial charge in [0.25, 0.3) is 0 Å². The topological polar surface area (TPSA) is 0 Å². The van der Waals surface area contributed by atoms with E-state index in [1.165, 1.54) is 25.7 Å². The first-order valence-corrected chi connectivity index (χ1v) is 5.30. The standard InChI is InChI=1S/C12H16/c1-2-6-10-9(5-1)11-7-3-4-8-12(10)11/h1,3,5,7,9-12H,2,4,6,8H2. The normalized spacial score (nSPS) is 49.3. The van der Waals surface area contributed by atoms with Crippen LogP contribution in [0.5, 0.6) is 0 Å². The van der Waals surface area contributed by atoms with E-state index in [0.717, 1.165) is 23.7 Å². The molecule has 0 amide bonds. The van der Waals surface area contributed by atoms with Crippen molar-refractivity contribution in [3.8, 4) is 0 Å². The molecule has 64 valence electrons. The van der Waals surface area contributed by atoms with E-state index in [1.54, 1.807) is 0 Å². The van der Waals surface area contributed by atoms with Crippen LogP contribution in [0.1, 0.15) is 25.7 Å². The first-order valence-electron chi connectivity index (χ1n) is 5.30. The first-order chi connectivity index (χ1) is 5.97. The quantitative estimate of drug-likeness (QED) is 0.477. The van der Waals surface area contributed by atoms with Gasteiger partial charge in [-0.05, 0) is 49.4 Å². The fourth-order valence-electron chi connectivity index (χ4n) is 3.44. The molecule has 0 bridgehead atoms. The monoisotopic (exact) mass is 160 g/mol. The van der Waals surface area contributed by atoms with Gasteiger partial charge >= 0.3 is 0 Å². The van der Waals surface area contributed by atoms with Gasteiger partial charge in [0.2, 0.25) is 0 Å². The minimum absolute atomic E-state index is 0.931. The highest BCUT2D eigenvalue weighted by molar-refractivity contribution is 5.17. The molecule has 0 heterocycles. The van der Waals surface area contributed by atoms with Gasteiger partial charge in [-0.25, -0.2) is 0 Å². The molecule has 3 rings (SSSR count). The van der Waals surface area contributed by atoms with Crippen LogP contribution in [-0.2, 0) is 0 Å². The summed E-state index contributed by atoms with van der Waals surface area (Å²) in [5.41, 5.74) is 0. The van der Waals surface area contributed by atoms with Gasteiger partial charge in [-0.1, -0.05) is 24.3 Å². The Balaban J connectivity index is 1.87. The molecule has 0 heteroatoms. The van der Waals surface area contributed by atoms with Gasteiger partial charge in [-0.15, -0.1) is 0 Å². The van der Waals surface area contributed by atoms with Gasteiger partial charge in [-0.2, -0.15) is 0 Å². The summed E-state index contributed by atoms with van der Waals surface area (Å²) in [5.74, 6) is 3.98. The second-order valence-corrected chi connectivity index (χ2v) is 4.49. The summed E-state index contributed by atoms with van der Waals surface area (Å²) in [6.07, 6.45) is 15.4. The Morgan fingerprint density at radius 3 is 1.75 bits per heavy atom. The van der Waals surface area contributed by atoms with Crippen molar-refractivity contribution in [2.45, 2.75) is 25.7 Å². The number of hydrogen-bond acceptors (Lipinski definition) is 0. The van der Waals surface area contributed by atoms with Crippen LogP contribution in [0.25, 0.3) is 0 Å². The molecule has 1 fully saturated rings. The molecular weight excluding hydrogens is 144 g/mol. The van der Waals surface area contributed by atoms with Crippen LogP contribution in [0.2, 0.25) is 0 Å². The molecule has 4 unspecified atom stereocenters. The Labute approximate surface area is 74.4 Å². The number of rotatable bonds is 0. The molecule has 4 atom stereocenters. The fraction of sp³-hybridized carbons (Fsp3) is 0.667. The van der Waals surface area contributed by atoms with Gasteiger partial charge in [0.15, 0.2) is 0 Å². The summed E-state index contributed by atoms with van der Waals surface area (Å²) < 4.78 is 0. The minimum Gasteiger partial charge on any atom is -0.0882 e. The molecule has 0 radical (unpaired) electrons. The maximum Gasteiger partial charge on any atom is -0.0136 e. The van der Waals surface area contributed by atoms with Gasteiger partial charge in [0, 0.05) is 0 Å². The van der Waals surface area contributed by atoms with Crippen molar-refractivity contribution in [2.75, 3.05) is 0 Å². The van der Waals surface area contributed by atoms with Crippen molar-refractivity contribution in [1.82, 2.24) is 0 Å². The third-order valence-electron chi connectivity index (χ3n) is 4.03. The smallest absolute Gasteiger partial charge is 0.0136 e. The average molecular weight is 160 g/mol. The first kappa shape index (κ1) is 6.94. The Kier molecular flexibility index (Phi) is 1.44. The van der Waals surface area contributed by atoms with Gasteiger partial charge < -0.3 is 0 Å². The molecule has 0 aliphatic heterocycles. The van der Waals surface area contributed by atoms with Gasteiger partial charge in [-0.3, -0.25) is 0 Å². The Bertz CT molecular complexity index is 210. The van der Waals surface area contributed by atoms with E-state index in [-0.39, 0.29) is 0 Å². The molecule has 0 aromatic rings. The third kappa shape index (κ3) is 0.784. The Morgan fingerprint density at radius 2 is 1.25 bits per heavy atom. The van der Waals surface area contributed by atoms with Crippen LogP contribution >= 0.6 is 0 Å². The zero-order valence-corrected chi connectivity index (χ0v) is 7.45. The SMILES string of the molecule is C1=CC2C3C=CCCC3C2CC1. The lowest BCUT2D eigenvalue weighted by Gasteiger charge is -2.53. The lowest BCUT2D eigenvalue weighted by atomic mass is 9.51. The Hall–Kier alpha value is -0.520. The predicted octanol–water partition coefficient (Wildman–Crippen LogP) is 3.16. The van der Waals surface area contributed by atoms with Crippen LogP contribution in [0.3, 0.4) is 0 Å². The highest BCUT2D eigenvalue weighted by atomic mass is 14.5. The summed E-state index contributed by atoms with van der Waals surface area (Å²) in [4.78, 5) is 0. The largest absolute Gasteiger partial charge is 0.0882 e. The van der Waals surface area contributed by atoms with Crippen LogP contribution in [0, 0.1) is 23.7 Å². The van der Waals surface area contributed by atoms with Crippen molar-refractivity contribution in [3.63, 3.8) is 0 Å². The fourth-order valence-corrected chi connectivity index (χ4v) is 3.44. The maximum atomic E-state index is 2.48. The molecule has 0 saturated heterocycles. The van der Waals surface area contributed by atoms with Crippen molar-refractivity contribution in [2.24, 2.45) is 23.7 Å². The van der Waals surface area contributed by atoms with Crippen LogP contribution in [-0.4, -0.2) is 0 Å². The van der Waals surface area contributed by atoms with Gasteiger partial charge in [0.1, 0.15) is 0 Å². The molecule has 1 saturated carbocycles. The van der Waals surface area contributed by atoms with E-state index in [0.29, 0.717) is 0 Å². The molecule has 12 heavy (non-hydrogen) atoms.